The molecule has 0 aliphatic rings. The first kappa shape index (κ1) is 17.5. The van der Waals surface area contributed by atoms with Crippen molar-refractivity contribution in [2.24, 2.45) is 0 Å². The molecule has 1 heterocycles. The third-order valence-corrected chi connectivity index (χ3v) is 3.69. The maximum atomic E-state index is 12.0. The van der Waals surface area contributed by atoms with Crippen molar-refractivity contribution in [3.8, 4) is 11.6 Å². The molecule has 1 aromatic carbocycles. The number of hydrogen-bond donors (Lipinski definition) is 1. The van der Waals surface area contributed by atoms with Gasteiger partial charge in [-0.1, -0.05) is 18.2 Å². The normalized spacial score (nSPS) is 12.0. The van der Waals surface area contributed by atoms with Crippen LogP contribution in [0.1, 0.15) is 13.3 Å². The van der Waals surface area contributed by atoms with Gasteiger partial charge in [0.2, 0.25) is 5.88 Å². The standard InChI is InChI=1S/C16H20BrN3O3/c1-12(15(21)18-9-6-10-22-2)23-16-14(17)11-20(19-16)13-7-4-3-5-8-13/h3-5,7-8,11-12H,6,9-10H2,1-2H3,(H,18,21)/t12-/m1/s1. The van der Waals surface area contributed by atoms with Gasteiger partial charge in [-0.3, -0.25) is 4.79 Å². The third-order valence-electron chi connectivity index (χ3n) is 3.14. The summed E-state index contributed by atoms with van der Waals surface area (Å²) in [4.78, 5) is 12.0. The minimum Gasteiger partial charge on any atom is -0.463 e. The highest BCUT2D eigenvalue weighted by atomic mass is 79.9. The lowest BCUT2D eigenvalue weighted by molar-refractivity contribution is -0.127. The monoisotopic (exact) mass is 381 g/mol. The molecule has 23 heavy (non-hydrogen) atoms. The lowest BCUT2D eigenvalue weighted by Gasteiger charge is -2.13. The second-order valence-corrected chi connectivity index (χ2v) is 5.81. The topological polar surface area (TPSA) is 65.4 Å². The zero-order valence-electron chi connectivity index (χ0n) is 13.2. The number of hydrogen-bond acceptors (Lipinski definition) is 4. The van der Waals surface area contributed by atoms with Crippen LogP contribution in [0.15, 0.2) is 41.0 Å². The van der Waals surface area contributed by atoms with Crippen LogP contribution in [0.4, 0.5) is 0 Å². The van der Waals surface area contributed by atoms with Crippen LogP contribution >= 0.6 is 15.9 Å². The molecular weight excluding hydrogens is 362 g/mol. The molecule has 0 bridgehead atoms. The zero-order valence-corrected chi connectivity index (χ0v) is 14.7. The minimum absolute atomic E-state index is 0.178. The molecule has 0 unspecified atom stereocenters. The molecule has 1 aromatic heterocycles. The summed E-state index contributed by atoms with van der Waals surface area (Å²) in [6.45, 7) is 2.86. The average Bonchev–Trinajstić information content (AvgIpc) is 2.93. The Morgan fingerprint density at radius 3 is 2.83 bits per heavy atom. The van der Waals surface area contributed by atoms with E-state index in [2.05, 4.69) is 26.3 Å². The second-order valence-electron chi connectivity index (χ2n) is 4.96. The highest BCUT2D eigenvalue weighted by Crippen LogP contribution is 2.25. The maximum Gasteiger partial charge on any atom is 0.260 e. The Bertz CT molecular complexity index is 631. The van der Waals surface area contributed by atoms with Crippen molar-refractivity contribution in [1.82, 2.24) is 15.1 Å². The number of rotatable bonds is 8. The van der Waals surface area contributed by atoms with Crippen LogP contribution < -0.4 is 10.1 Å². The van der Waals surface area contributed by atoms with Gasteiger partial charge < -0.3 is 14.8 Å². The second kappa shape index (κ2) is 8.69. The van der Waals surface area contributed by atoms with Crippen molar-refractivity contribution in [3.05, 3.63) is 41.0 Å². The largest absolute Gasteiger partial charge is 0.463 e. The van der Waals surface area contributed by atoms with Crippen LogP contribution in [0.2, 0.25) is 0 Å². The fourth-order valence-corrected chi connectivity index (χ4v) is 2.29. The molecule has 0 radical (unpaired) electrons. The first-order chi connectivity index (χ1) is 11.1. The molecular formula is C16H20BrN3O3. The number of benzene rings is 1. The average molecular weight is 382 g/mol. The maximum absolute atomic E-state index is 12.0. The number of amides is 1. The van der Waals surface area contributed by atoms with Crippen LogP contribution in [0.5, 0.6) is 5.88 Å². The summed E-state index contributed by atoms with van der Waals surface area (Å²) in [5.41, 5.74) is 0.916. The lowest BCUT2D eigenvalue weighted by Crippen LogP contribution is -2.37. The Hall–Kier alpha value is -1.86. The summed E-state index contributed by atoms with van der Waals surface area (Å²) in [5, 5.41) is 7.16. The number of halogens is 1. The first-order valence-electron chi connectivity index (χ1n) is 7.35. The molecule has 2 aromatic rings. The fourth-order valence-electron chi connectivity index (χ4n) is 1.92. The van der Waals surface area contributed by atoms with E-state index in [1.807, 2.05) is 30.3 Å². The van der Waals surface area contributed by atoms with Gasteiger partial charge in [0.15, 0.2) is 6.10 Å². The van der Waals surface area contributed by atoms with E-state index in [0.29, 0.717) is 23.5 Å². The summed E-state index contributed by atoms with van der Waals surface area (Å²) in [5.74, 6) is 0.204. The van der Waals surface area contributed by atoms with E-state index in [4.69, 9.17) is 9.47 Å². The summed E-state index contributed by atoms with van der Waals surface area (Å²) in [6.07, 6.45) is 1.93. The molecule has 0 saturated carbocycles. The number of nitrogens with one attached hydrogen (secondary N) is 1. The first-order valence-corrected chi connectivity index (χ1v) is 8.15. The Morgan fingerprint density at radius 1 is 1.39 bits per heavy atom. The van der Waals surface area contributed by atoms with Crippen LogP contribution in [0.3, 0.4) is 0 Å². The predicted octanol–water partition coefficient (Wildman–Crippen LogP) is 2.55. The molecule has 0 aliphatic carbocycles. The highest BCUT2D eigenvalue weighted by molar-refractivity contribution is 9.10. The van der Waals surface area contributed by atoms with Crippen LogP contribution in [0.25, 0.3) is 5.69 Å². The molecule has 0 spiro atoms. The smallest absolute Gasteiger partial charge is 0.260 e. The summed E-state index contributed by atoms with van der Waals surface area (Å²) < 4.78 is 13.0. The molecule has 1 N–H and O–H groups in total. The summed E-state index contributed by atoms with van der Waals surface area (Å²) in [7, 11) is 1.63. The Morgan fingerprint density at radius 2 is 2.13 bits per heavy atom. The molecule has 124 valence electrons. The van der Waals surface area contributed by atoms with Gasteiger partial charge in [-0.15, -0.1) is 5.10 Å². The SMILES string of the molecule is COCCCNC(=O)[C@@H](C)Oc1nn(-c2ccccc2)cc1Br. The zero-order chi connectivity index (χ0) is 16.7. The molecule has 1 amide bonds. The van der Waals surface area contributed by atoms with E-state index in [0.717, 1.165) is 12.1 Å². The number of carbonyl (C=O) groups excluding carboxylic acids is 1. The highest BCUT2D eigenvalue weighted by Gasteiger charge is 2.18. The third kappa shape index (κ3) is 5.07. The van der Waals surface area contributed by atoms with E-state index in [-0.39, 0.29) is 5.91 Å². The molecule has 6 nitrogen and oxygen atoms in total. The quantitative estimate of drug-likeness (QED) is 0.713. The lowest BCUT2D eigenvalue weighted by atomic mass is 10.3. The minimum atomic E-state index is -0.632. The predicted molar refractivity (Wildman–Crippen MR) is 90.9 cm³/mol. The molecule has 7 heteroatoms. The molecule has 1 atom stereocenters. The fraction of sp³-hybridized carbons (Fsp3) is 0.375. The van der Waals surface area contributed by atoms with Gasteiger partial charge in [0, 0.05) is 26.5 Å². The van der Waals surface area contributed by atoms with Crippen molar-refractivity contribution >= 4 is 21.8 Å². The van der Waals surface area contributed by atoms with E-state index in [9.17, 15) is 4.79 Å². The van der Waals surface area contributed by atoms with Crippen molar-refractivity contribution < 1.29 is 14.3 Å². The molecule has 2 rings (SSSR count). The van der Waals surface area contributed by atoms with Gasteiger partial charge >= 0.3 is 0 Å². The summed E-state index contributed by atoms with van der Waals surface area (Å²) >= 11 is 3.41. The van der Waals surface area contributed by atoms with Gasteiger partial charge in [-0.2, -0.15) is 0 Å². The van der Waals surface area contributed by atoms with E-state index < -0.39 is 6.10 Å². The Labute approximate surface area is 143 Å². The molecule has 0 saturated heterocycles. The Balaban J connectivity index is 1.95. The van der Waals surface area contributed by atoms with Gasteiger partial charge in [-0.25, -0.2) is 4.68 Å². The van der Waals surface area contributed by atoms with Crippen molar-refractivity contribution in [3.63, 3.8) is 0 Å². The van der Waals surface area contributed by atoms with Crippen molar-refractivity contribution in [2.45, 2.75) is 19.4 Å². The van der Waals surface area contributed by atoms with Crippen LogP contribution in [-0.2, 0) is 9.53 Å². The number of nitrogens with zero attached hydrogens (tertiary/aromatic N) is 2. The molecule has 0 aliphatic heterocycles. The van der Waals surface area contributed by atoms with Gasteiger partial charge in [0.25, 0.3) is 5.91 Å². The number of methoxy groups -OCH3 is 1. The number of carbonyl (C=O) groups is 1. The van der Waals surface area contributed by atoms with Crippen molar-refractivity contribution in [1.29, 1.82) is 0 Å². The number of para-hydroxylation sites is 1. The molecule has 0 fully saturated rings. The van der Waals surface area contributed by atoms with Crippen LogP contribution in [0, 0.1) is 0 Å². The Kier molecular flexibility index (Phi) is 6.61. The van der Waals surface area contributed by atoms with E-state index in [1.54, 1.807) is 24.9 Å². The van der Waals surface area contributed by atoms with E-state index in [1.165, 1.54) is 0 Å². The van der Waals surface area contributed by atoms with Gasteiger partial charge in [-0.05, 0) is 41.4 Å². The number of aromatic nitrogens is 2. The van der Waals surface area contributed by atoms with Crippen LogP contribution in [-0.4, -0.2) is 42.1 Å². The van der Waals surface area contributed by atoms with E-state index >= 15 is 0 Å². The van der Waals surface area contributed by atoms with Crippen molar-refractivity contribution in [2.75, 3.05) is 20.3 Å². The summed E-state index contributed by atoms with van der Waals surface area (Å²) in [6, 6.07) is 9.68. The number of ether oxygens (including phenoxy) is 2. The van der Waals surface area contributed by atoms with Gasteiger partial charge in [0.05, 0.1) is 10.2 Å². The van der Waals surface area contributed by atoms with Gasteiger partial charge in [0.1, 0.15) is 0 Å².